The molecule has 0 unspecified atom stereocenters. The molecule has 154 valence electrons. The monoisotopic (exact) mass is 399 g/mol. The molecule has 29 heavy (non-hydrogen) atoms. The average Bonchev–Trinajstić information content (AvgIpc) is 2.75. The zero-order chi connectivity index (χ0) is 20.6. The predicted octanol–water partition coefficient (Wildman–Crippen LogP) is 2.80. The van der Waals surface area contributed by atoms with Gasteiger partial charge in [0.25, 0.3) is 5.91 Å². The van der Waals surface area contributed by atoms with Gasteiger partial charge in [-0.25, -0.2) is 0 Å². The maximum Gasteiger partial charge on any atom is 0.311 e. The Bertz CT molecular complexity index is 837. The van der Waals surface area contributed by atoms with Crippen LogP contribution in [0.2, 0.25) is 0 Å². The third-order valence-corrected chi connectivity index (χ3v) is 4.77. The van der Waals surface area contributed by atoms with Crippen molar-refractivity contribution in [3.05, 3.63) is 69.8 Å². The van der Waals surface area contributed by atoms with Gasteiger partial charge in [-0.2, -0.15) is 0 Å². The summed E-state index contributed by atoms with van der Waals surface area (Å²) in [5, 5.41) is 14.4. The molecule has 0 radical (unpaired) electrons. The molecule has 1 aliphatic rings. The number of nitro groups is 1. The fourth-order valence-corrected chi connectivity index (χ4v) is 3.28. The van der Waals surface area contributed by atoms with Crippen molar-refractivity contribution in [3.63, 3.8) is 0 Å². The maximum atomic E-state index is 12.9. The number of nitrogens with one attached hydrogen (secondary N) is 1. The van der Waals surface area contributed by atoms with Gasteiger partial charge in [0.05, 0.1) is 30.8 Å². The van der Waals surface area contributed by atoms with Crippen molar-refractivity contribution >= 4 is 11.6 Å². The Kier molecular flexibility index (Phi) is 7.15. The summed E-state index contributed by atoms with van der Waals surface area (Å²) in [7, 11) is 0. The van der Waals surface area contributed by atoms with Crippen LogP contribution in [0.1, 0.15) is 28.9 Å². The number of hydrogen-bond donors (Lipinski definition) is 1. The largest absolute Gasteiger partial charge is 0.487 e. The topological polar surface area (TPSA) is 93.9 Å². The normalized spacial score (nSPS) is 15.5. The zero-order valence-corrected chi connectivity index (χ0v) is 16.4. The predicted molar refractivity (Wildman–Crippen MR) is 108 cm³/mol. The van der Waals surface area contributed by atoms with Crippen molar-refractivity contribution < 1.29 is 19.2 Å². The molecule has 1 heterocycles. The highest BCUT2D eigenvalue weighted by molar-refractivity contribution is 5.95. The van der Waals surface area contributed by atoms with Crippen molar-refractivity contribution in [2.24, 2.45) is 0 Å². The molecule has 1 atom stereocenters. The van der Waals surface area contributed by atoms with Crippen molar-refractivity contribution in [2.45, 2.75) is 13.0 Å². The number of amides is 1. The molecule has 8 nitrogen and oxygen atoms in total. The van der Waals surface area contributed by atoms with E-state index >= 15 is 0 Å². The number of nitrogens with zero attached hydrogens (tertiary/aromatic N) is 2. The Morgan fingerprint density at radius 3 is 2.62 bits per heavy atom. The molecule has 1 aliphatic heterocycles. The van der Waals surface area contributed by atoms with Gasteiger partial charge in [0.2, 0.25) is 0 Å². The van der Waals surface area contributed by atoms with Crippen LogP contribution in [-0.2, 0) is 4.74 Å². The first-order valence-corrected chi connectivity index (χ1v) is 9.65. The molecular weight excluding hydrogens is 374 g/mol. The van der Waals surface area contributed by atoms with Crippen molar-refractivity contribution in [1.82, 2.24) is 10.2 Å². The van der Waals surface area contributed by atoms with E-state index in [1.807, 2.05) is 30.3 Å². The number of carbonyl (C=O) groups excluding carboxylic acids is 1. The molecule has 1 saturated heterocycles. The molecule has 0 spiro atoms. The lowest BCUT2D eigenvalue weighted by atomic mass is 10.0. The summed E-state index contributed by atoms with van der Waals surface area (Å²) in [5.41, 5.74) is 0.986. The lowest BCUT2D eigenvalue weighted by Gasteiger charge is -2.31. The van der Waals surface area contributed by atoms with Crippen LogP contribution in [0, 0.1) is 10.1 Å². The maximum absolute atomic E-state index is 12.9. The highest BCUT2D eigenvalue weighted by atomic mass is 16.6. The second kappa shape index (κ2) is 9.99. The lowest BCUT2D eigenvalue weighted by Crippen LogP contribution is -2.43. The SMILES string of the molecule is CCOc1ccc(C(=O)N[C@@H](CN2CCOCC2)c2ccccc2)cc1[N+](=O)[O-]. The van der Waals surface area contributed by atoms with Gasteiger partial charge in [-0.05, 0) is 24.6 Å². The van der Waals surface area contributed by atoms with Crippen LogP contribution in [0.3, 0.4) is 0 Å². The molecule has 0 aliphatic carbocycles. The van der Waals surface area contributed by atoms with E-state index in [1.54, 1.807) is 13.0 Å². The van der Waals surface area contributed by atoms with E-state index in [1.165, 1.54) is 12.1 Å². The fraction of sp³-hybridized carbons (Fsp3) is 0.381. The summed E-state index contributed by atoms with van der Waals surface area (Å²) in [6.07, 6.45) is 0. The third-order valence-electron chi connectivity index (χ3n) is 4.77. The van der Waals surface area contributed by atoms with E-state index in [0.29, 0.717) is 26.4 Å². The van der Waals surface area contributed by atoms with E-state index in [2.05, 4.69) is 10.2 Å². The van der Waals surface area contributed by atoms with E-state index in [9.17, 15) is 14.9 Å². The molecule has 0 saturated carbocycles. The molecule has 8 heteroatoms. The Balaban J connectivity index is 1.80. The average molecular weight is 399 g/mol. The van der Waals surface area contributed by atoms with Crippen molar-refractivity contribution in [3.8, 4) is 5.75 Å². The van der Waals surface area contributed by atoms with Gasteiger partial charge in [0, 0.05) is 31.3 Å². The molecule has 1 N–H and O–H groups in total. The molecule has 2 aromatic rings. The minimum Gasteiger partial charge on any atom is -0.487 e. The van der Waals surface area contributed by atoms with Crippen LogP contribution in [-0.4, -0.2) is 55.2 Å². The summed E-state index contributed by atoms with van der Waals surface area (Å²) in [6.45, 7) is 5.63. The smallest absolute Gasteiger partial charge is 0.311 e. The number of nitro benzene ring substituents is 1. The van der Waals surface area contributed by atoms with Crippen LogP contribution in [0.25, 0.3) is 0 Å². The molecule has 2 aromatic carbocycles. The van der Waals surface area contributed by atoms with Crippen LogP contribution in [0.5, 0.6) is 5.75 Å². The minimum atomic E-state index is -0.538. The summed E-state index contributed by atoms with van der Waals surface area (Å²) in [5.74, 6) is -0.208. The number of hydrogen-bond acceptors (Lipinski definition) is 6. The second-order valence-corrected chi connectivity index (χ2v) is 6.72. The van der Waals surface area contributed by atoms with Gasteiger partial charge < -0.3 is 14.8 Å². The van der Waals surface area contributed by atoms with E-state index < -0.39 is 4.92 Å². The minimum absolute atomic E-state index is 0.155. The third kappa shape index (κ3) is 5.52. The van der Waals surface area contributed by atoms with Crippen molar-refractivity contribution in [2.75, 3.05) is 39.5 Å². The lowest BCUT2D eigenvalue weighted by molar-refractivity contribution is -0.385. The first kappa shape index (κ1) is 20.8. The summed E-state index contributed by atoms with van der Waals surface area (Å²) in [4.78, 5) is 26.0. The quantitative estimate of drug-likeness (QED) is 0.542. The molecule has 3 rings (SSSR count). The zero-order valence-electron chi connectivity index (χ0n) is 16.4. The number of morpholine rings is 1. The molecule has 0 bridgehead atoms. The Hall–Kier alpha value is -2.97. The Morgan fingerprint density at radius 1 is 1.24 bits per heavy atom. The van der Waals surface area contributed by atoms with Crippen LogP contribution in [0.15, 0.2) is 48.5 Å². The van der Waals surface area contributed by atoms with E-state index in [-0.39, 0.29) is 28.9 Å². The molecule has 1 fully saturated rings. The first-order valence-electron chi connectivity index (χ1n) is 9.65. The fourth-order valence-electron chi connectivity index (χ4n) is 3.28. The van der Waals surface area contributed by atoms with Crippen LogP contribution < -0.4 is 10.1 Å². The number of rotatable bonds is 8. The first-order chi connectivity index (χ1) is 14.1. The number of carbonyl (C=O) groups is 1. The van der Waals surface area contributed by atoms with Gasteiger partial charge in [-0.1, -0.05) is 30.3 Å². The Labute approximate surface area is 169 Å². The van der Waals surface area contributed by atoms with Gasteiger partial charge in [-0.3, -0.25) is 19.8 Å². The molecular formula is C21H25N3O5. The van der Waals surface area contributed by atoms with Crippen LogP contribution in [0.4, 0.5) is 5.69 Å². The van der Waals surface area contributed by atoms with Gasteiger partial charge in [0.1, 0.15) is 0 Å². The highest BCUT2D eigenvalue weighted by Gasteiger charge is 2.23. The number of ether oxygens (including phenoxy) is 2. The van der Waals surface area contributed by atoms with Crippen molar-refractivity contribution in [1.29, 1.82) is 0 Å². The summed E-state index contributed by atoms with van der Waals surface area (Å²) in [6, 6.07) is 13.7. The van der Waals surface area contributed by atoms with Gasteiger partial charge in [0.15, 0.2) is 5.75 Å². The summed E-state index contributed by atoms with van der Waals surface area (Å²) < 4.78 is 10.7. The standard InChI is InChI=1S/C21H25N3O5/c1-2-29-20-9-8-17(14-19(20)24(26)27)21(25)22-18(16-6-4-3-5-7-16)15-23-10-12-28-13-11-23/h3-9,14,18H,2,10-13,15H2,1H3,(H,22,25)/t18-/m0/s1. The van der Waals surface area contributed by atoms with Gasteiger partial charge in [-0.15, -0.1) is 0 Å². The van der Waals surface area contributed by atoms with Crippen LogP contribution >= 0.6 is 0 Å². The molecule has 1 amide bonds. The van der Waals surface area contributed by atoms with Gasteiger partial charge >= 0.3 is 5.69 Å². The second-order valence-electron chi connectivity index (χ2n) is 6.72. The van der Waals surface area contributed by atoms with E-state index in [4.69, 9.17) is 9.47 Å². The highest BCUT2D eigenvalue weighted by Crippen LogP contribution is 2.28. The molecule has 0 aromatic heterocycles. The Morgan fingerprint density at radius 2 is 1.97 bits per heavy atom. The van der Waals surface area contributed by atoms with E-state index in [0.717, 1.165) is 18.7 Å². The number of benzene rings is 2. The summed E-state index contributed by atoms with van der Waals surface area (Å²) >= 11 is 0.